The summed E-state index contributed by atoms with van der Waals surface area (Å²) >= 11 is 0. The smallest absolute Gasteiger partial charge is 0.387 e. The van der Waals surface area contributed by atoms with Crippen LogP contribution >= 0.6 is 0 Å². The molecule has 8 nitrogen and oxygen atoms in total. The fraction of sp³-hybridized carbons (Fsp3) is 0.500. The number of piperidine rings is 1. The molecule has 0 amide bonds. The Labute approximate surface area is 154 Å². The second kappa shape index (κ2) is 6.50. The average molecular weight is 400 g/mol. The van der Waals surface area contributed by atoms with Gasteiger partial charge in [-0.3, -0.25) is 0 Å². The molecule has 146 valence electrons. The fourth-order valence-electron chi connectivity index (χ4n) is 3.74. The maximum atomic E-state index is 12.4. The Balaban J connectivity index is 1.46. The Bertz CT molecular complexity index is 941. The molecule has 2 aromatic rings. The zero-order valence-corrected chi connectivity index (χ0v) is 15.0. The second-order valence-electron chi connectivity index (χ2n) is 6.93. The summed E-state index contributed by atoms with van der Waals surface area (Å²) in [4.78, 5) is 4.40. The highest BCUT2D eigenvalue weighted by Gasteiger charge is 2.58. The zero-order chi connectivity index (χ0) is 19.2. The summed E-state index contributed by atoms with van der Waals surface area (Å²) in [5.74, 6) is 0.872. The van der Waals surface area contributed by atoms with Crippen LogP contribution in [0, 0.1) is 5.41 Å². The topological polar surface area (TPSA) is 112 Å². The zero-order valence-electron chi connectivity index (χ0n) is 14.2. The molecule has 1 atom stereocenters. The quantitative estimate of drug-likeness (QED) is 0.823. The van der Waals surface area contributed by atoms with Crippen molar-refractivity contribution in [1.82, 2.24) is 14.4 Å². The first-order chi connectivity index (χ1) is 12.8. The highest BCUT2D eigenvalue weighted by atomic mass is 32.2. The highest BCUT2D eigenvalue weighted by Crippen LogP contribution is 2.64. The third kappa shape index (κ3) is 3.66. The molecule has 1 saturated heterocycles. The number of benzene rings is 1. The molecule has 0 radical (unpaired) electrons. The van der Waals surface area contributed by atoms with Crippen molar-refractivity contribution in [3.63, 3.8) is 0 Å². The minimum Gasteiger partial charge on any atom is -0.435 e. The van der Waals surface area contributed by atoms with E-state index in [1.807, 2.05) is 0 Å². The molecule has 2 aliphatic rings. The van der Waals surface area contributed by atoms with Crippen molar-refractivity contribution in [1.29, 1.82) is 0 Å². The monoisotopic (exact) mass is 400 g/mol. The van der Waals surface area contributed by atoms with E-state index < -0.39 is 16.8 Å². The van der Waals surface area contributed by atoms with E-state index in [1.54, 1.807) is 12.1 Å². The molecule has 27 heavy (non-hydrogen) atoms. The first-order valence-corrected chi connectivity index (χ1v) is 9.94. The maximum absolute atomic E-state index is 12.4. The van der Waals surface area contributed by atoms with Gasteiger partial charge in [-0.15, -0.1) is 0 Å². The lowest BCUT2D eigenvalue weighted by Crippen LogP contribution is -2.43. The number of ether oxygens (including phenoxy) is 1. The average Bonchev–Trinajstić information content (AvgIpc) is 3.07. The molecular weight excluding hydrogens is 382 g/mol. The van der Waals surface area contributed by atoms with Crippen molar-refractivity contribution in [2.45, 2.75) is 31.8 Å². The largest absolute Gasteiger partial charge is 0.435 e. The summed E-state index contributed by atoms with van der Waals surface area (Å²) in [6, 6.07) is 6.10. The van der Waals surface area contributed by atoms with E-state index in [0.29, 0.717) is 43.2 Å². The van der Waals surface area contributed by atoms with Gasteiger partial charge < -0.3 is 9.26 Å². The van der Waals surface area contributed by atoms with E-state index in [2.05, 4.69) is 14.9 Å². The molecule has 0 unspecified atom stereocenters. The van der Waals surface area contributed by atoms with Crippen molar-refractivity contribution in [3.8, 4) is 17.1 Å². The molecule has 2 fully saturated rings. The van der Waals surface area contributed by atoms with Gasteiger partial charge in [0.05, 0.1) is 0 Å². The SMILES string of the molecule is NS(=O)(=O)N1CCC2(CC1)C[C@H]2c1nc(-c2cccc(OC(F)F)c2)no1. The van der Waals surface area contributed by atoms with E-state index in [1.165, 1.54) is 16.4 Å². The summed E-state index contributed by atoms with van der Waals surface area (Å²) in [6.45, 7) is -2.15. The third-order valence-electron chi connectivity index (χ3n) is 5.33. The van der Waals surface area contributed by atoms with Gasteiger partial charge in [0.1, 0.15) is 5.75 Å². The molecule has 0 bridgehead atoms. The molecule has 1 aliphatic carbocycles. The first-order valence-electron chi connectivity index (χ1n) is 8.44. The number of aromatic nitrogens is 2. The molecule has 1 aromatic heterocycles. The van der Waals surface area contributed by atoms with Gasteiger partial charge in [0.25, 0.3) is 10.2 Å². The van der Waals surface area contributed by atoms with E-state index >= 15 is 0 Å². The molecule has 1 saturated carbocycles. The number of rotatable bonds is 5. The normalized spacial score (nSPS) is 22.3. The van der Waals surface area contributed by atoms with Crippen LogP contribution in [0.4, 0.5) is 8.78 Å². The van der Waals surface area contributed by atoms with Crippen molar-refractivity contribution in [3.05, 3.63) is 30.2 Å². The second-order valence-corrected chi connectivity index (χ2v) is 8.47. The summed E-state index contributed by atoms with van der Waals surface area (Å²) in [7, 11) is -3.66. The van der Waals surface area contributed by atoms with Crippen LogP contribution in [0.1, 0.15) is 31.1 Å². The third-order valence-corrected chi connectivity index (χ3v) is 6.41. The van der Waals surface area contributed by atoms with Gasteiger partial charge in [0.2, 0.25) is 11.7 Å². The molecular formula is C16H18F2N4O4S. The Morgan fingerprint density at radius 3 is 2.74 bits per heavy atom. The molecule has 1 aliphatic heterocycles. The van der Waals surface area contributed by atoms with Crippen LogP contribution in [0.3, 0.4) is 0 Å². The molecule has 4 rings (SSSR count). The van der Waals surface area contributed by atoms with Crippen LogP contribution in [-0.4, -0.2) is 42.6 Å². The molecule has 11 heteroatoms. The summed E-state index contributed by atoms with van der Waals surface area (Å²) in [5, 5.41) is 9.12. The van der Waals surface area contributed by atoms with Crippen LogP contribution in [0.25, 0.3) is 11.4 Å². The minimum absolute atomic E-state index is 0.0205. The van der Waals surface area contributed by atoms with E-state index in [4.69, 9.17) is 9.66 Å². The maximum Gasteiger partial charge on any atom is 0.387 e. The van der Waals surface area contributed by atoms with Gasteiger partial charge >= 0.3 is 6.61 Å². The Morgan fingerprint density at radius 1 is 1.33 bits per heavy atom. The summed E-state index contributed by atoms with van der Waals surface area (Å²) < 4.78 is 58.6. The Morgan fingerprint density at radius 2 is 2.07 bits per heavy atom. The Hall–Kier alpha value is -2.11. The van der Waals surface area contributed by atoms with Gasteiger partial charge in [-0.2, -0.15) is 26.5 Å². The lowest BCUT2D eigenvalue weighted by atomic mass is 9.92. The van der Waals surface area contributed by atoms with Crippen molar-refractivity contribution in [2.75, 3.05) is 13.1 Å². The number of nitrogens with zero attached hydrogens (tertiary/aromatic N) is 3. The van der Waals surface area contributed by atoms with Crippen LogP contribution in [-0.2, 0) is 10.2 Å². The minimum atomic E-state index is -3.66. The van der Waals surface area contributed by atoms with Crippen LogP contribution in [0.5, 0.6) is 5.75 Å². The first kappa shape index (κ1) is 18.3. The molecule has 1 aromatic carbocycles. The van der Waals surface area contributed by atoms with Gasteiger partial charge in [0.15, 0.2) is 0 Å². The number of hydrogen-bond donors (Lipinski definition) is 1. The fourth-order valence-corrected chi connectivity index (χ4v) is 4.43. The number of alkyl halides is 2. The number of hydrogen-bond acceptors (Lipinski definition) is 6. The predicted octanol–water partition coefficient (Wildman–Crippen LogP) is 2.11. The van der Waals surface area contributed by atoms with Crippen LogP contribution in [0.2, 0.25) is 0 Å². The van der Waals surface area contributed by atoms with Crippen molar-refractivity contribution >= 4 is 10.2 Å². The van der Waals surface area contributed by atoms with Crippen LogP contribution < -0.4 is 9.88 Å². The standard InChI is InChI=1S/C16H18F2N4O4S/c17-15(18)25-11-3-1-2-10(8-11)13-20-14(26-21-13)12-9-16(12)4-6-22(7-5-16)27(19,23)24/h1-3,8,12,15H,4-7,9H2,(H2,19,23,24)/t12-/m0/s1. The van der Waals surface area contributed by atoms with E-state index in [0.717, 1.165) is 6.42 Å². The van der Waals surface area contributed by atoms with Gasteiger partial charge in [-0.1, -0.05) is 17.3 Å². The lowest BCUT2D eigenvalue weighted by molar-refractivity contribution is -0.0498. The molecule has 1 spiro atoms. The van der Waals surface area contributed by atoms with Gasteiger partial charge in [-0.05, 0) is 36.8 Å². The number of halogens is 2. The molecule has 2 N–H and O–H groups in total. The van der Waals surface area contributed by atoms with Crippen molar-refractivity contribution < 1.29 is 26.5 Å². The predicted molar refractivity (Wildman–Crippen MR) is 90.1 cm³/mol. The van der Waals surface area contributed by atoms with Crippen LogP contribution in [0.15, 0.2) is 28.8 Å². The van der Waals surface area contributed by atoms with E-state index in [9.17, 15) is 17.2 Å². The van der Waals surface area contributed by atoms with E-state index in [-0.39, 0.29) is 17.1 Å². The van der Waals surface area contributed by atoms with Gasteiger partial charge in [0, 0.05) is 24.6 Å². The van der Waals surface area contributed by atoms with Crippen molar-refractivity contribution in [2.24, 2.45) is 10.6 Å². The number of nitrogens with two attached hydrogens (primary N) is 1. The summed E-state index contributed by atoms with van der Waals surface area (Å²) in [5.41, 5.74) is 0.480. The van der Waals surface area contributed by atoms with Gasteiger partial charge in [-0.25, -0.2) is 5.14 Å². The Kier molecular flexibility index (Phi) is 4.40. The molecule has 2 heterocycles. The highest BCUT2D eigenvalue weighted by molar-refractivity contribution is 7.86. The summed E-state index contributed by atoms with van der Waals surface area (Å²) in [6.07, 6.45) is 2.22. The lowest BCUT2D eigenvalue weighted by Gasteiger charge is -2.30.